The van der Waals surface area contributed by atoms with Crippen LogP contribution in [0.25, 0.3) is 10.9 Å². The van der Waals surface area contributed by atoms with E-state index in [1.807, 2.05) is 0 Å². The zero-order valence-corrected chi connectivity index (χ0v) is 10.6. The molecule has 1 heterocycles. The number of aromatic carboxylic acids is 1. The predicted octanol–water partition coefficient (Wildman–Crippen LogP) is 2.36. The highest BCUT2D eigenvalue weighted by Gasteiger charge is 2.33. The molecule has 21 heavy (non-hydrogen) atoms. The number of fused-ring (bicyclic) bond motifs is 1. The molecular formula is C13H11F3N2O3. The molecule has 5 nitrogen and oxygen atoms in total. The van der Waals surface area contributed by atoms with E-state index in [-0.39, 0.29) is 35.3 Å². The summed E-state index contributed by atoms with van der Waals surface area (Å²) in [5.41, 5.74) is -1.53. The lowest BCUT2D eigenvalue weighted by Gasteiger charge is -2.15. The maximum Gasteiger partial charge on any atom is 0.418 e. The Bertz CT molecular complexity index is 686. The topological polar surface area (TPSA) is 82.5 Å². The number of carbonyl (C=O) groups is 1. The Morgan fingerprint density at radius 2 is 2.05 bits per heavy atom. The first kappa shape index (κ1) is 15.0. The highest BCUT2D eigenvalue weighted by atomic mass is 19.4. The molecule has 8 heteroatoms. The molecule has 3 N–H and O–H groups in total. The number of alkyl halides is 3. The molecule has 0 aliphatic heterocycles. The van der Waals surface area contributed by atoms with Crippen molar-refractivity contribution in [3.05, 3.63) is 35.5 Å². The van der Waals surface area contributed by atoms with Crippen LogP contribution in [-0.4, -0.2) is 34.3 Å². The van der Waals surface area contributed by atoms with E-state index >= 15 is 0 Å². The molecule has 112 valence electrons. The number of anilines is 1. The number of rotatable bonds is 4. The minimum Gasteiger partial charge on any atom is -0.478 e. The first-order valence-corrected chi connectivity index (χ1v) is 5.93. The third-order valence-electron chi connectivity index (χ3n) is 2.85. The molecule has 2 aromatic rings. The molecule has 0 amide bonds. The van der Waals surface area contributed by atoms with E-state index in [2.05, 4.69) is 10.3 Å². The number of aliphatic hydroxyl groups is 1. The second-order valence-electron chi connectivity index (χ2n) is 4.20. The molecule has 0 atom stereocenters. The average Bonchev–Trinajstić information content (AvgIpc) is 2.42. The fourth-order valence-corrected chi connectivity index (χ4v) is 1.99. The van der Waals surface area contributed by atoms with E-state index in [0.29, 0.717) is 0 Å². The van der Waals surface area contributed by atoms with Crippen LogP contribution in [0.3, 0.4) is 0 Å². The van der Waals surface area contributed by atoms with Gasteiger partial charge in [0.2, 0.25) is 0 Å². The van der Waals surface area contributed by atoms with Crippen LogP contribution in [0.2, 0.25) is 0 Å². The highest BCUT2D eigenvalue weighted by molar-refractivity contribution is 6.04. The summed E-state index contributed by atoms with van der Waals surface area (Å²) in [6.07, 6.45) is -3.72. The minimum atomic E-state index is -4.59. The van der Waals surface area contributed by atoms with Gasteiger partial charge in [-0.1, -0.05) is 12.1 Å². The number of nitrogens with zero attached hydrogens (tertiary/aromatic N) is 1. The lowest BCUT2D eigenvalue weighted by atomic mass is 10.0. The van der Waals surface area contributed by atoms with Crippen molar-refractivity contribution in [3.63, 3.8) is 0 Å². The van der Waals surface area contributed by atoms with E-state index in [0.717, 1.165) is 12.3 Å². The maximum absolute atomic E-state index is 12.9. The van der Waals surface area contributed by atoms with Gasteiger partial charge in [-0.05, 0) is 6.07 Å². The van der Waals surface area contributed by atoms with Crippen molar-refractivity contribution >= 4 is 22.6 Å². The smallest absolute Gasteiger partial charge is 0.418 e. The van der Waals surface area contributed by atoms with Crippen molar-refractivity contribution in [1.82, 2.24) is 4.98 Å². The Balaban J connectivity index is 2.75. The third-order valence-corrected chi connectivity index (χ3v) is 2.85. The summed E-state index contributed by atoms with van der Waals surface area (Å²) < 4.78 is 38.8. The zero-order chi connectivity index (χ0) is 15.6. The molecule has 0 aliphatic rings. The summed E-state index contributed by atoms with van der Waals surface area (Å²) in [4.78, 5) is 14.8. The fraction of sp³-hybridized carbons (Fsp3) is 0.231. The van der Waals surface area contributed by atoms with Gasteiger partial charge in [-0.15, -0.1) is 0 Å². The van der Waals surface area contributed by atoms with Gasteiger partial charge in [0, 0.05) is 18.1 Å². The lowest BCUT2D eigenvalue weighted by molar-refractivity contribution is -0.136. The molecule has 0 saturated carbocycles. The molecule has 0 bridgehead atoms. The number of hydrogen-bond donors (Lipinski definition) is 3. The maximum atomic E-state index is 12.9. The van der Waals surface area contributed by atoms with Crippen LogP contribution in [0.1, 0.15) is 15.9 Å². The third kappa shape index (κ3) is 2.89. The number of benzene rings is 1. The van der Waals surface area contributed by atoms with Crippen LogP contribution in [0, 0.1) is 0 Å². The van der Waals surface area contributed by atoms with Crippen LogP contribution in [-0.2, 0) is 6.18 Å². The van der Waals surface area contributed by atoms with Crippen molar-refractivity contribution in [1.29, 1.82) is 0 Å². The number of aliphatic hydroxyl groups excluding tert-OH is 1. The summed E-state index contributed by atoms with van der Waals surface area (Å²) >= 11 is 0. The molecule has 0 aliphatic carbocycles. The normalized spacial score (nSPS) is 11.6. The van der Waals surface area contributed by atoms with Gasteiger partial charge < -0.3 is 15.5 Å². The second-order valence-corrected chi connectivity index (χ2v) is 4.20. The zero-order valence-electron chi connectivity index (χ0n) is 10.6. The number of nitrogens with one attached hydrogen (secondary N) is 1. The van der Waals surface area contributed by atoms with Gasteiger partial charge in [0.1, 0.15) is 5.56 Å². The molecular weight excluding hydrogens is 289 g/mol. The molecule has 0 radical (unpaired) electrons. The molecule has 0 spiro atoms. The number of pyridine rings is 1. The molecule has 0 unspecified atom stereocenters. The lowest BCUT2D eigenvalue weighted by Crippen LogP contribution is -2.13. The number of para-hydroxylation sites is 1. The van der Waals surface area contributed by atoms with E-state index in [1.165, 1.54) is 12.1 Å². The van der Waals surface area contributed by atoms with Crippen molar-refractivity contribution in [2.24, 2.45) is 0 Å². The van der Waals surface area contributed by atoms with Crippen molar-refractivity contribution in [3.8, 4) is 0 Å². The van der Waals surface area contributed by atoms with Crippen LogP contribution >= 0.6 is 0 Å². The first-order valence-electron chi connectivity index (χ1n) is 5.93. The quantitative estimate of drug-likeness (QED) is 0.807. The van der Waals surface area contributed by atoms with Crippen LogP contribution < -0.4 is 5.32 Å². The summed E-state index contributed by atoms with van der Waals surface area (Å²) in [7, 11) is 0. The van der Waals surface area contributed by atoms with Crippen LogP contribution in [0.5, 0.6) is 0 Å². The molecule has 0 fully saturated rings. The fourth-order valence-electron chi connectivity index (χ4n) is 1.99. The second kappa shape index (κ2) is 5.57. The summed E-state index contributed by atoms with van der Waals surface area (Å²) in [6, 6.07) is 3.41. The van der Waals surface area contributed by atoms with Crippen LogP contribution in [0.15, 0.2) is 24.4 Å². The van der Waals surface area contributed by atoms with Gasteiger partial charge in [0.15, 0.2) is 0 Å². The number of halogens is 3. The number of carboxylic acid groups (broad SMARTS) is 1. The van der Waals surface area contributed by atoms with Gasteiger partial charge in [-0.2, -0.15) is 13.2 Å². The average molecular weight is 300 g/mol. The summed E-state index contributed by atoms with van der Waals surface area (Å²) in [6.45, 7) is -0.280. The van der Waals surface area contributed by atoms with Gasteiger partial charge >= 0.3 is 12.1 Å². The van der Waals surface area contributed by atoms with Gasteiger partial charge in [0.05, 0.1) is 23.4 Å². The number of hydrogen-bond acceptors (Lipinski definition) is 4. The first-order chi connectivity index (χ1) is 9.86. The highest BCUT2D eigenvalue weighted by Crippen LogP contribution is 2.36. The van der Waals surface area contributed by atoms with Gasteiger partial charge in [0.25, 0.3) is 0 Å². The Morgan fingerprint density at radius 1 is 1.33 bits per heavy atom. The minimum absolute atomic E-state index is 0.00708. The van der Waals surface area contributed by atoms with E-state index in [9.17, 15) is 18.0 Å². The van der Waals surface area contributed by atoms with Crippen LogP contribution in [0.4, 0.5) is 18.9 Å². The van der Waals surface area contributed by atoms with E-state index < -0.39 is 17.7 Å². The molecule has 1 aromatic heterocycles. The Labute approximate surface area is 117 Å². The number of aromatic nitrogens is 1. The van der Waals surface area contributed by atoms with Crippen molar-refractivity contribution < 1.29 is 28.2 Å². The largest absolute Gasteiger partial charge is 0.478 e. The number of carboxylic acids is 1. The molecule has 1 aromatic carbocycles. The monoisotopic (exact) mass is 300 g/mol. The van der Waals surface area contributed by atoms with Gasteiger partial charge in [-0.3, -0.25) is 4.98 Å². The van der Waals surface area contributed by atoms with E-state index in [4.69, 9.17) is 10.2 Å². The standard InChI is InChI=1S/C13H11F3N2O3/c14-13(15,16)9-3-1-2-7-10(17-4-5-19)8(12(20)21)6-18-11(7)9/h1-3,6,19H,4-5H2,(H,17,18)(H,20,21). The SMILES string of the molecule is O=C(O)c1cnc2c(C(F)(F)F)cccc2c1NCCO. The van der Waals surface area contributed by atoms with Gasteiger partial charge in [-0.25, -0.2) is 4.79 Å². The van der Waals surface area contributed by atoms with Crippen molar-refractivity contribution in [2.45, 2.75) is 6.18 Å². The Morgan fingerprint density at radius 3 is 2.62 bits per heavy atom. The molecule has 2 rings (SSSR count). The predicted molar refractivity (Wildman–Crippen MR) is 69.3 cm³/mol. The Kier molecular flexibility index (Phi) is 3.99. The van der Waals surface area contributed by atoms with E-state index in [1.54, 1.807) is 0 Å². The van der Waals surface area contributed by atoms with Crippen molar-refractivity contribution in [2.75, 3.05) is 18.5 Å². The summed E-state index contributed by atoms with van der Waals surface area (Å²) in [5.74, 6) is -1.32. The molecule has 0 saturated heterocycles. The Hall–Kier alpha value is -2.35. The summed E-state index contributed by atoms with van der Waals surface area (Å²) in [5, 5.41) is 20.6.